The van der Waals surface area contributed by atoms with E-state index in [9.17, 15) is 4.39 Å². The van der Waals surface area contributed by atoms with Crippen LogP contribution in [0.15, 0.2) is 0 Å². The van der Waals surface area contributed by atoms with E-state index in [-0.39, 0.29) is 12.4 Å². The van der Waals surface area contributed by atoms with Crippen LogP contribution in [0.3, 0.4) is 0 Å². The Kier molecular flexibility index (Phi) is 4.10. The number of alkyl halides is 1. The third-order valence-electron chi connectivity index (χ3n) is 1.37. The predicted molar refractivity (Wildman–Crippen MR) is 35.6 cm³/mol. The molecule has 0 radical (unpaired) electrons. The molecule has 0 aromatic rings. The number of aliphatic hydroxyl groups is 1. The summed E-state index contributed by atoms with van der Waals surface area (Å²) < 4.78 is 12.3. The first kappa shape index (κ1) is 9.14. The van der Waals surface area contributed by atoms with Gasteiger partial charge in [0.05, 0.1) is 6.10 Å². The van der Waals surface area contributed by atoms with Gasteiger partial charge in [-0.05, 0) is 13.0 Å². The molecular formula is C5H11ClFNO. The highest BCUT2D eigenvalue weighted by molar-refractivity contribution is 5.85. The number of aliphatic hydroxyl groups excluding tert-OH is 1. The van der Waals surface area contributed by atoms with Crippen molar-refractivity contribution < 1.29 is 9.50 Å². The van der Waals surface area contributed by atoms with E-state index < -0.39 is 12.3 Å². The topological polar surface area (TPSA) is 32.3 Å². The molecule has 0 saturated carbocycles. The molecule has 0 bridgehead atoms. The molecule has 1 heterocycles. The summed E-state index contributed by atoms with van der Waals surface area (Å²) in [4.78, 5) is 0. The number of nitrogens with one attached hydrogen (secondary N) is 1. The van der Waals surface area contributed by atoms with Crippen LogP contribution in [-0.4, -0.2) is 30.5 Å². The van der Waals surface area contributed by atoms with E-state index in [2.05, 4.69) is 5.32 Å². The lowest BCUT2D eigenvalue weighted by molar-refractivity contribution is 0.0532. The third-order valence-corrected chi connectivity index (χ3v) is 1.37. The number of hydrogen-bond donors (Lipinski definition) is 2. The fourth-order valence-corrected chi connectivity index (χ4v) is 0.807. The number of hydrogen-bond acceptors (Lipinski definition) is 2. The second-order valence-corrected chi connectivity index (χ2v) is 2.08. The molecule has 0 unspecified atom stereocenters. The molecule has 9 heavy (non-hydrogen) atoms. The fourth-order valence-electron chi connectivity index (χ4n) is 0.807. The molecule has 1 saturated heterocycles. The molecule has 1 aliphatic rings. The molecule has 4 heteroatoms. The zero-order chi connectivity index (χ0) is 5.98. The van der Waals surface area contributed by atoms with Gasteiger partial charge >= 0.3 is 0 Å². The SMILES string of the molecule is Cl.O[C@H]1CCNC[C@H]1F. The van der Waals surface area contributed by atoms with Crippen molar-refractivity contribution in [1.29, 1.82) is 0 Å². The Morgan fingerprint density at radius 1 is 1.56 bits per heavy atom. The first-order valence-electron chi connectivity index (χ1n) is 2.83. The minimum atomic E-state index is -1.05. The van der Waals surface area contributed by atoms with Gasteiger partial charge in [0, 0.05) is 6.54 Å². The van der Waals surface area contributed by atoms with E-state index in [0.29, 0.717) is 13.0 Å². The number of piperidine rings is 1. The zero-order valence-corrected chi connectivity index (χ0v) is 5.83. The minimum Gasteiger partial charge on any atom is -0.390 e. The molecule has 56 valence electrons. The van der Waals surface area contributed by atoms with Crippen molar-refractivity contribution in [3.63, 3.8) is 0 Å². The summed E-state index contributed by atoms with van der Waals surface area (Å²) >= 11 is 0. The Labute approximate surface area is 59.9 Å². The average molecular weight is 156 g/mol. The van der Waals surface area contributed by atoms with E-state index in [4.69, 9.17) is 5.11 Å². The van der Waals surface area contributed by atoms with Gasteiger partial charge in [0.1, 0.15) is 6.17 Å². The van der Waals surface area contributed by atoms with Gasteiger partial charge in [-0.2, -0.15) is 0 Å². The summed E-state index contributed by atoms with van der Waals surface area (Å²) in [6.07, 6.45) is -1.23. The highest BCUT2D eigenvalue weighted by atomic mass is 35.5. The van der Waals surface area contributed by atoms with Gasteiger partial charge < -0.3 is 10.4 Å². The zero-order valence-electron chi connectivity index (χ0n) is 5.01. The maximum atomic E-state index is 12.3. The van der Waals surface area contributed by atoms with Crippen molar-refractivity contribution in [2.45, 2.75) is 18.7 Å². The molecular weight excluding hydrogens is 145 g/mol. The molecule has 0 aromatic carbocycles. The lowest BCUT2D eigenvalue weighted by atomic mass is 10.1. The van der Waals surface area contributed by atoms with Gasteiger partial charge in [-0.25, -0.2) is 4.39 Å². The molecule has 0 spiro atoms. The predicted octanol–water partition coefficient (Wildman–Crippen LogP) is 0.101. The summed E-state index contributed by atoms with van der Waals surface area (Å²) in [6, 6.07) is 0. The second-order valence-electron chi connectivity index (χ2n) is 2.08. The average Bonchev–Trinajstić information content (AvgIpc) is 1.77. The first-order chi connectivity index (χ1) is 3.80. The van der Waals surface area contributed by atoms with Gasteiger partial charge in [0.2, 0.25) is 0 Å². The standard InChI is InChI=1S/C5H10FNO.ClH/c6-4-3-7-2-1-5(4)8;/h4-5,7-8H,1-3H2;1H/t4-,5+;/m1./s1. The van der Waals surface area contributed by atoms with Crippen LogP contribution >= 0.6 is 12.4 Å². The van der Waals surface area contributed by atoms with Crippen LogP contribution in [0.25, 0.3) is 0 Å². The maximum Gasteiger partial charge on any atom is 0.138 e. The molecule has 1 rings (SSSR count). The highest BCUT2D eigenvalue weighted by Gasteiger charge is 2.20. The summed E-state index contributed by atoms with van der Waals surface area (Å²) in [5.74, 6) is 0. The molecule has 1 fully saturated rings. The van der Waals surface area contributed by atoms with Gasteiger partial charge in [0.15, 0.2) is 0 Å². The van der Waals surface area contributed by atoms with Gasteiger partial charge in [0.25, 0.3) is 0 Å². The second kappa shape index (κ2) is 4.04. The van der Waals surface area contributed by atoms with Crippen molar-refractivity contribution in [3.05, 3.63) is 0 Å². The lowest BCUT2D eigenvalue weighted by Crippen LogP contribution is -2.41. The van der Waals surface area contributed by atoms with Crippen molar-refractivity contribution in [2.24, 2.45) is 0 Å². The molecule has 2 N–H and O–H groups in total. The van der Waals surface area contributed by atoms with Crippen LogP contribution in [0.1, 0.15) is 6.42 Å². The van der Waals surface area contributed by atoms with E-state index in [0.717, 1.165) is 6.54 Å². The van der Waals surface area contributed by atoms with Gasteiger partial charge in [-0.15, -0.1) is 12.4 Å². The quantitative estimate of drug-likeness (QED) is 0.520. The maximum absolute atomic E-state index is 12.3. The van der Waals surface area contributed by atoms with Crippen molar-refractivity contribution in [3.8, 4) is 0 Å². The largest absolute Gasteiger partial charge is 0.390 e. The van der Waals surface area contributed by atoms with Crippen molar-refractivity contribution >= 4 is 12.4 Å². The summed E-state index contributed by atoms with van der Waals surface area (Å²) in [5, 5.41) is 11.6. The molecule has 2 atom stereocenters. The fraction of sp³-hybridized carbons (Fsp3) is 1.00. The minimum absolute atomic E-state index is 0. The Morgan fingerprint density at radius 2 is 2.22 bits per heavy atom. The number of rotatable bonds is 0. The van der Waals surface area contributed by atoms with Crippen molar-refractivity contribution in [1.82, 2.24) is 5.32 Å². The van der Waals surface area contributed by atoms with Gasteiger partial charge in [-0.1, -0.05) is 0 Å². The molecule has 0 amide bonds. The Balaban J connectivity index is 0.000000640. The molecule has 2 nitrogen and oxygen atoms in total. The highest BCUT2D eigenvalue weighted by Crippen LogP contribution is 2.05. The lowest BCUT2D eigenvalue weighted by Gasteiger charge is -2.21. The Morgan fingerprint density at radius 3 is 2.56 bits per heavy atom. The van der Waals surface area contributed by atoms with Crippen LogP contribution in [0.4, 0.5) is 4.39 Å². The summed E-state index contributed by atoms with van der Waals surface area (Å²) in [5.41, 5.74) is 0. The van der Waals surface area contributed by atoms with Crippen LogP contribution in [0, 0.1) is 0 Å². The van der Waals surface area contributed by atoms with Crippen LogP contribution in [0.5, 0.6) is 0 Å². The van der Waals surface area contributed by atoms with E-state index in [1.165, 1.54) is 0 Å². The monoisotopic (exact) mass is 155 g/mol. The smallest absolute Gasteiger partial charge is 0.138 e. The van der Waals surface area contributed by atoms with Crippen LogP contribution in [0.2, 0.25) is 0 Å². The number of halogens is 2. The Bertz CT molecular complexity index is 73.4. The van der Waals surface area contributed by atoms with Crippen LogP contribution in [-0.2, 0) is 0 Å². The molecule has 0 aliphatic carbocycles. The summed E-state index contributed by atoms with van der Waals surface area (Å²) in [7, 11) is 0. The van der Waals surface area contributed by atoms with E-state index >= 15 is 0 Å². The third kappa shape index (κ3) is 2.47. The first-order valence-corrected chi connectivity index (χ1v) is 2.83. The normalized spacial score (nSPS) is 35.3. The Hall–Kier alpha value is 0.140. The van der Waals surface area contributed by atoms with Crippen LogP contribution < -0.4 is 5.32 Å². The van der Waals surface area contributed by atoms with Crippen molar-refractivity contribution in [2.75, 3.05) is 13.1 Å². The van der Waals surface area contributed by atoms with Gasteiger partial charge in [-0.3, -0.25) is 0 Å². The molecule has 1 aliphatic heterocycles. The van der Waals surface area contributed by atoms with E-state index in [1.54, 1.807) is 0 Å². The molecule has 0 aromatic heterocycles. The summed E-state index contributed by atoms with van der Waals surface area (Å²) in [6.45, 7) is 1.04. The van der Waals surface area contributed by atoms with E-state index in [1.807, 2.05) is 0 Å².